The Morgan fingerprint density at radius 3 is 2.74 bits per heavy atom. The summed E-state index contributed by atoms with van der Waals surface area (Å²) in [5.41, 5.74) is 0. The van der Waals surface area contributed by atoms with Crippen LogP contribution in [0.25, 0.3) is 0 Å². The summed E-state index contributed by atoms with van der Waals surface area (Å²) in [5, 5.41) is 3.04. The number of halogens is 2. The summed E-state index contributed by atoms with van der Waals surface area (Å²) in [5.74, 6) is 0.769. The summed E-state index contributed by atoms with van der Waals surface area (Å²) >= 11 is 9.45. The highest BCUT2D eigenvalue weighted by Crippen LogP contribution is 2.27. The number of nitrogens with one attached hydrogen (secondary N) is 1. The number of nitrogens with two attached hydrogens (primary N) is 1. The van der Waals surface area contributed by atoms with Gasteiger partial charge < -0.3 is 15.0 Å². The molecule has 0 spiro atoms. The zero-order valence-electron chi connectivity index (χ0n) is 11.7. The molecule has 0 bridgehead atoms. The number of unbranched alkanes of at least 4 members (excludes halogenated alkanes) is 1. The van der Waals surface area contributed by atoms with Gasteiger partial charge in [0.25, 0.3) is 0 Å². The van der Waals surface area contributed by atoms with E-state index in [1.807, 2.05) is 18.2 Å². The maximum absolute atomic E-state index is 6.08. The van der Waals surface area contributed by atoms with E-state index < -0.39 is 0 Å². The largest absolute Gasteiger partial charge is 0.492 e. The second-order valence-corrected chi connectivity index (χ2v) is 6.28. The Hall–Kier alpha value is -0.290. The number of likely N-dealkylation sites (N-methyl/N-ethyl adjacent to an activating group) is 1. The molecule has 0 fully saturated rings. The highest BCUT2D eigenvalue weighted by atomic mass is 79.9. The smallest absolute Gasteiger partial charge is 0.137 e. The minimum atomic E-state index is 0.662. The molecule has 3 nitrogen and oxygen atoms in total. The van der Waals surface area contributed by atoms with Crippen LogP contribution >= 0.6 is 27.5 Å². The van der Waals surface area contributed by atoms with Crippen molar-refractivity contribution in [3.63, 3.8) is 0 Å². The fourth-order valence-electron chi connectivity index (χ4n) is 1.70. The molecule has 3 N–H and O–H groups in total. The van der Waals surface area contributed by atoms with Gasteiger partial charge >= 0.3 is 0 Å². The molecule has 1 rings (SSSR count). The molecule has 0 saturated carbocycles. The minimum absolute atomic E-state index is 0.662. The van der Waals surface area contributed by atoms with E-state index in [2.05, 4.69) is 35.3 Å². The van der Waals surface area contributed by atoms with Crippen molar-refractivity contribution in [2.45, 2.75) is 12.8 Å². The molecule has 1 aromatic rings. The molecule has 5 heteroatoms. The molecule has 0 unspecified atom stereocenters. The normalized spacial score (nSPS) is 11.0. The number of benzene rings is 1. The molecule has 0 aliphatic carbocycles. The first kappa shape index (κ1) is 16.8. The SMILES string of the molecule is C[NH+](C)CC[NH2+]CCCCOc1ccc(Br)cc1Cl. The number of quaternary nitrogens is 2. The maximum Gasteiger partial charge on any atom is 0.137 e. The molecule has 0 aliphatic heterocycles. The van der Waals surface area contributed by atoms with Gasteiger partial charge in [0, 0.05) is 4.47 Å². The lowest BCUT2D eigenvalue weighted by Gasteiger charge is -2.08. The Kier molecular flexibility index (Phi) is 8.46. The predicted molar refractivity (Wildman–Crippen MR) is 83.2 cm³/mol. The van der Waals surface area contributed by atoms with E-state index in [-0.39, 0.29) is 0 Å². The van der Waals surface area contributed by atoms with Gasteiger partial charge in [-0.1, -0.05) is 27.5 Å². The topological polar surface area (TPSA) is 30.3 Å². The van der Waals surface area contributed by atoms with E-state index in [1.54, 1.807) is 0 Å². The van der Waals surface area contributed by atoms with Crippen LogP contribution in [0.3, 0.4) is 0 Å². The Morgan fingerprint density at radius 2 is 2.05 bits per heavy atom. The van der Waals surface area contributed by atoms with E-state index in [1.165, 1.54) is 31.0 Å². The van der Waals surface area contributed by atoms with Gasteiger partial charge in [-0.25, -0.2) is 0 Å². The molecule has 108 valence electrons. The van der Waals surface area contributed by atoms with Crippen molar-refractivity contribution < 1.29 is 15.0 Å². The number of hydrogen-bond acceptors (Lipinski definition) is 1. The summed E-state index contributed by atoms with van der Waals surface area (Å²) in [7, 11) is 4.37. The van der Waals surface area contributed by atoms with Crippen LogP contribution in [0.5, 0.6) is 5.75 Å². The van der Waals surface area contributed by atoms with Crippen molar-refractivity contribution in [2.75, 3.05) is 40.3 Å². The Balaban J connectivity index is 2.04. The van der Waals surface area contributed by atoms with Crippen LogP contribution < -0.4 is 15.0 Å². The molecular formula is C14H24BrClN2O+2. The highest BCUT2D eigenvalue weighted by molar-refractivity contribution is 9.10. The number of rotatable bonds is 9. The summed E-state index contributed by atoms with van der Waals surface area (Å²) in [4.78, 5) is 1.50. The van der Waals surface area contributed by atoms with Crippen LogP contribution in [-0.4, -0.2) is 40.3 Å². The second-order valence-electron chi connectivity index (χ2n) is 4.95. The molecule has 0 atom stereocenters. The minimum Gasteiger partial charge on any atom is -0.492 e. The van der Waals surface area contributed by atoms with Gasteiger partial charge in [-0.05, 0) is 31.0 Å². The molecule has 0 aliphatic rings. The molecule has 1 aromatic carbocycles. The summed E-state index contributed by atoms with van der Waals surface area (Å²) < 4.78 is 6.64. The van der Waals surface area contributed by atoms with Crippen LogP contribution in [0.15, 0.2) is 22.7 Å². The first-order valence-corrected chi connectivity index (χ1v) is 7.95. The van der Waals surface area contributed by atoms with Crippen LogP contribution in [0, 0.1) is 0 Å². The van der Waals surface area contributed by atoms with Gasteiger partial charge in [0.2, 0.25) is 0 Å². The Labute approximate surface area is 129 Å². The summed E-state index contributed by atoms with van der Waals surface area (Å²) in [6, 6.07) is 5.70. The second kappa shape index (κ2) is 9.59. The lowest BCUT2D eigenvalue weighted by molar-refractivity contribution is -0.874. The molecular weight excluding hydrogens is 328 g/mol. The van der Waals surface area contributed by atoms with Gasteiger partial charge in [0.15, 0.2) is 0 Å². The van der Waals surface area contributed by atoms with Crippen LogP contribution in [0.1, 0.15) is 12.8 Å². The first-order valence-electron chi connectivity index (χ1n) is 6.78. The lowest BCUT2D eigenvalue weighted by Crippen LogP contribution is -3.09. The predicted octanol–water partition coefficient (Wildman–Crippen LogP) is 0.969. The molecule has 0 radical (unpaired) electrons. The average Bonchev–Trinajstić information content (AvgIpc) is 2.34. The fourth-order valence-corrected chi connectivity index (χ4v) is 2.43. The fraction of sp³-hybridized carbons (Fsp3) is 0.571. The van der Waals surface area contributed by atoms with Crippen molar-refractivity contribution in [1.82, 2.24) is 0 Å². The number of hydrogen-bond donors (Lipinski definition) is 2. The van der Waals surface area contributed by atoms with Crippen molar-refractivity contribution >= 4 is 27.5 Å². The van der Waals surface area contributed by atoms with E-state index in [0.29, 0.717) is 5.02 Å². The molecule has 19 heavy (non-hydrogen) atoms. The van der Waals surface area contributed by atoms with Gasteiger partial charge in [-0.3, -0.25) is 0 Å². The summed E-state index contributed by atoms with van der Waals surface area (Å²) in [6.45, 7) is 4.31. The van der Waals surface area contributed by atoms with E-state index in [0.717, 1.165) is 23.2 Å². The van der Waals surface area contributed by atoms with Crippen molar-refractivity contribution in [2.24, 2.45) is 0 Å². The third-order valence-electron chi connectivity index (χ3n) is 2.80. The van der Waals surface area contributed by atoms with Crippen LogP contribution in [0.2, 0.25) is 5.02 Å². The third kappa shape index (κ3) is 7.78. The van der Waals surface area contributed by atoms with Crippen LogP contribution in [0.4, 0.5) is 0 Å². The van der Waals surface area contributed by atoms with Crippen LogP contribution in [-0.2, 0) is 0 Å². The zero-order chi connectivity index (χ0) is 14.1. The number of ether oxygens (including phenoxy) is 1. The van der Waals surface area contributed by atoms with E-state index >= 15 is 0 Å². The molecule has 0 aromatic heterocycles. The van der Waals surface area contributed by atoms with Crippen molar-refractivity contribution in [3.05, 3.63) is 27.7 Å². The lowest BCUT2D eigenvalue weighted by atomic mass is 10.3. The monoisotopic (exact) mass is 350 g/mol. The average molecular weight is 352 g/mol. The molecule has 0 amide bonds. The first-order chi connectivity index (χ1) is 9.09. The van der Waals surface area contributed by atoms with Gasteiger partial charge in [-0.2, -0.15) is 0 Å². The van der Waals surface area contributed by atoms with Gasteiger partial charge in [0.05, 0.1) is 32.3 Å². The van der Waals surface area contributed by atoms with Gasteiger partial charge in [-0.15, -0.1) is 0 Å². The van der Waals surface area contributed by atoms with E-state index in [4.69, 9.17) is 16.3 Å². The molecule has 0 saturated heterocycles. The highest BCUT2D eigenvalue weighted by Gasteiger charge is 2.02. The maximum atomic E-state index is 6.08. The van der Waals surface area contributed by atoms with Gasteiger partial charge in [0.1, 0.15) is 18.8 Å². The standard InChI is InChI=1S/C14H22BrClN2O/c1-18(2)9-8-17-7-3-4-10-19-14-6-5-12(15)11-13(14)16/h5-6,11,17H,3-4,7-10H2,1-2H3/p+2. The van der Waals surface area contributed by atoms with Crippen molar-refractivity contribution in [3.8, 4) is 5.75 Å². The summed E-state index contributed by atoms with van der Waals surface area (Å²) in [6.07, 6.45) is 2.24. The zero-order valence-corrected chi connectivity index (χ0v) is 14.1. The van der Waals surface area contributed by atoms with E-state index in [9.17, 15) is 0 Å². The Morgan fingerprint density at radius 1 is 1.26 bits per heavy atom. The quantitative estimate of drug-likeness (QED) is 0.638. The Bertz CT molecular complexity index is 374. The molecule has 0 heterocycles. The van der Waals surface area contributed by atoms with Crippen molar-refractivity contribution in [1.29, 1.82) is 0 Å². The third-order valence-corrected chi connectivity index (χ3v) is 3.59.